The van der Waals surface area contributed by atoms with Gasteiger partial charge in [-0.05, 0) is 126 Å². The summed E-state index contributed by atoms with van der Waals surface area (Å²) in [6, 6.07) is 0. The van der Waals surface area contributed by atoms with E-state index in [0.717, 1.165) is 128 Å². The molecule has 0 saturated carbocycles. The molecule has 0 amide bonds. The van der Waals surface area contributed by atoms with Gasteiger partial charge in [-0.1, -0.05) is 152 Å². The highest BCUT2D eigenvalue weighted by Gasteiger charge is 2.16. The molecule has 61 heavy (non-hydrogen) atoms. The number of rotatable bonds is 44. The molecular formula is C53H103NO7. The van der Waals surface area contributed by atoms with Gasteiger partial charge in [0.15, 0.2) is 0 Å². The summed E-state index contributed by atoms with van der Waals surface area (Å²) in [5, 5.41) is 9.14. The number of carbonyl (C=O) groups is 3. The summed E-state index contributed by atoms with van der Waals surface area (Å²) in [7, 11) is 2.16. The van der Waals surface area contributed by atoms with Gasteiger partial charge in [0.2, 0.25) is 0 Å². The van der Waals surface area contributed by atoms with E-state index in [1.54, 1.807) is 0 Å². The Hall–Kier alpha value is -1.67. The van der Waals surface area contributed by atoms with Crippen LogP contribution in [-0.4, -0.2) is 74.0 Å². The van der Waals surface area contributed by atoms with Gasteiger partial charge in [0, 0.05) is 25.9 Å². The maximum Gasteiger partial charge on any atom is 0.306 e. The number of ether oxygens (including phenoxy) is 3. The highest BCUT2D eigenvalue weighted by atomic mass is 16.5. The molecule has 0 aliphatic heterocycles. The molecule has 8 heteroatoms. The predicted octanol–water partition coefficient (Wildman–Crippen LogP) is 14.1. The largest absolute Gasteiger partial charge is 0.466 e. The van der Waals surface area contributed by atoms with Crippen molar-refractivity contribution in [1.29, 1.82) is 0 Å². The smallest absolute Gasteiger partial charge is 0.306 e. The number of nitrogens with zero attached hydrogens (tertiary/aromatic N) is 1. The normalized spacial score (nSPS) is 14.3. The SMILES string of the molecule is CC(C)CCCC(C)CCOC(=O)CCCCCCCC(CCCCCCCC(=O)OCCC(C)CCCC(C)C)OC(=O)CCCN(C)CCC(C)CCCC(C)CCO. The average molecular weight is 866 g/mol. The van der Waals surface area contributed by atoms with Gasteiger partial charge in [-0.2, -0.15) is 0 Å². The Morgan fingerprint density at radius 2 is 0.803 bits per heavy atom. The molecule has 0 heterocycles. The van der Waals surface area contributed by atoms with E-state index in [-0.39, 0.29) is 30.6 Å². The third kappa shape index (κ3) is 42.1. The summed E-state index contributed by atoms with van der Waals surface area (Å²) in [5.74, 6) is 3.79. The molecule has 0 spiro atoms. The van der Waals surface area contributed by atoms with E-state index in [1.807, 2.05) is 0 Å². The van der Waals surface area contributed by atoms with Crippen molar-refractivity contribution in [3.05, 3.63) is 0 Å². The van der Waals surface area contributed by atoms with E-state index in [0.29, 0.717) is 56.1 Å². The summed E-state index contributed by atoms with van der Waals surface area (Å²) in [6.45, 7) is 21.5. The molecular weight excluding hydrogens is 763 g/mol. The molecule has 0 saturated heterocycles. The quantitative estimate of drug-likeness (QED) is 0.0367. The fourth-order valence-electron chi connectivity index (χ4n) is 8.15. The minimum absolute atomic E-state index is 0.0448. The van der Waals surface area contributed by atoms with Gasteiger partial charge in [0.25, 0.3) is 0 Å². The number of carbonyl (C=O) groups excluding carboxylic acids is 3. The second-order valence-electron chi connectivity index (χ2n) is 20.5. The van der Waals surface area contributed by atoms with Crippen LogP contribution in [0.15, 0.2) is 0 Å². The van der Waals surface area contributed by atoms with E-state index >= 15 is 0 Å². The van der Waals surface area contributed by atoms with Crippen molar-refractivity contribution in [3.63, 3.8) is 0 Å². The summed E-state index contributed by atoms with van der Waals surface area (Å²) in [6.07, 6.45) is 29.2. The molecule has 1 N–H and O–H groups in total. The molecule has 8 nitrogen and oxygen atoms in total. The van der Waals surface area contributed by atoms with Crippen molar-refractivity contribution >= 4 is 17.9 Å². The lowest BCUT2D eigenvalue weighted by molar-refractivity contribution is -0.150. The third-order valence-corrected chi connectivity index (χ3v) is 12.8. The van der Waals surface area contributed by atoms with Crippen molar-refractivity contribution in [2.75, 3.05) is 40.0 Å². The first-order valence-electron chi connectivity index (χ1n) is 26.0. The number of unbranched alkanes of at least 4 members (excludes halogenated alkanes) is 8. The first-order valence-corrected chi connectivity index (χ1v) is 26.0. The molecule has 0 radical (unpaired) electrons. The third-order valence-electron chi connectivity index (χ3n) is 12.8. The first-order chi connectivity index (χ1) is 29.2. The second-order valence-corrected chi connectivity index (χ2v) is 20.5. The van der Waals surface area contributed by atoms with Crippen LogP contribution >= 0.6 is 0 Å². The Morgan fingerprint density at radius 3 is 1.26 bits per heavy atom. The zero-order chi connectivity index (χ0) is 45.5. The molecule has 4 atom stereocenters. The van der Waals surface area contributed by atoms with E-state index in [9.17, 15) is 14.4 Å². The highest BCUT2D eigenvalue weighted by molar-refractivity contribution is 5.70. The van der Waals surface area contributed by atoms with Crippen molar-refractivity contribution < 1.29 is 33.7 Å². The molecule has 0 bridgehead atoms. The number of hydrogen-bond donors (Lipinski definition) is 1. The molecule has 362 valence electrons. The van der Waals surface area contributed by atoms with Crippen LogP contribution in [0.2, 0.25) is 0 Å². The predicted molar refractivity (Wildman–Crippen MR) is 257 cm³/mol. The van der Waals surface area contributed by atoms with Gasteiger partial charge >= 0.3 is 17.9 Å². The van der Waals surface area contributed by atoms with E-state index < -0.39 is 0 Å². The van der Waals surface area contributed by atoms with Crippen LogP contribution in [0.1, 0.15) is 242 Å². The standard InChI is InChI=1S/C53H103NO7/c1-44(2)24-20-26-48(7)37-42-59-51(56)32-18-14-10-12-16-30-50(31-17-13-11-15-19-33-52(57)60-43-38-49(8)27-21-25-45(3)4)61-53(58)34-23-39-54(9)40-35-46(5)28-22-29-47(6)36-41-55/h44-50,55H,10-43H2,1-9H3. The Bertz CT molecular complexity index is 967. The van der Waals surface area contributed by atoms with Crippen molar-refractivity contribution in [2.24, 2.45) is 35.5 Å². The summed E-state index contributed by atoms with van der Waals surface area (Å²) >= 11 is 0. The lowest BCUT2D eigenvalue weighted by atomic mass is 9.95. The number of hydrogen-bond acceptors (Lipinski definition) is 8. The van der Waals surface area contributed by atoms with E-state index in [2.05, 4.69) is 67.3 Å². The monoisotopic (exact) mass is 866 g/mol. The minimum Gasteiger partial charge on any atom is -0.466 e. The van der Waals surface area contributed by atoms with Gasteiger partial charge < -0.3 is 24.2 Å². The Labute approximate surface area is 378 Å². The minimum atomic E-state index is -0.0734. The average Bonchev–Trinajstić information content (AvgIpc) is 3.19. The van der Waals surface area contributed by atoms with E-state index in [1.165, 1.54) is 64.2 Å². The van der Waals surface area contributed by atoms with Crippen molar-refractivity contribution in [2.45, 2.75) is 248 Å². The van der Waals surface area contributed by atoms with Crippen LogP contribution in [0.5, 0.6) is 0 Å². The maximum atomic E-state index is 13.0. The van der Waals surface area contributed by atoms with E-state index in [4.69, 9.17) is 19.3 Å². The van der Waals surface area contributed by atoms with Crippen LogP contribution < -0.4 is 0 Å². The Morgan fingerprint density at radius 1 is 0.410 bits per heavy atom. The van der Waals surface area contributed by atoms with Gasteiger partial charge in [-0.25, -0.2) is 0 Å². The first kappa shape index (κ1) is 59.3. The van der Waals surface area contributed by atoms with Crippen molar-refractivity contribution in [1.82, 2.24) is 4.90 Å². The molecule has 0 aromatic heterocycles. The maximum absolute atomic E-state index is 13.0. The number of esters is 3. The number of aliphatic hydroxyl groups is 1. The van der Waals surface area contributed by atoms with Crippen LogP contribution in [0.3, 0.4) is 0 Å². The Balaban J connectivity index is 4.52. The Kier molecular flexibility index (Phi) is 39.9. The lowest BCUT2D eigenvalue weighted by Crippen LogP contribution is -2.24. The topological polar surface area (TPSA) is 102 Å². The zero-order valence-electron chi connectivity index (χ0n) is 41.9. The van der Waals surface area contributed by atoms with Crippen LogP contribution in [0.4, 0.5) is 0 Å². The van der Waals surface area contributed by atoms with Gasteiger partial charge in [0.1, 0.15) is 6.10 Å². The number of aliphatic hydroxyl groups excluding tert-OH is 1. The summed E-state index contributed by atoms with van der Waals surface area (Å²) in [4.78, 5) is 39.9. The summed E-state index contributed by atoms with van der Waals surface area (Å²) in [5.41, 5.74) is 0. The molecule has 4 unspecified atom stereocenters. The fourth-order valence-corrected chi connectivity index (χ4v) is 8.15. The molecule has 0 rings (SSSR count). The van der Waals surface area contributed by atoms with Crippen LogP contribution in [0.25, 0.3) is 0 Å². The molecule has 0 aliphatic rings. The summed E-state index contributed by atoms with van der Waals surface area (Å²) < 4.78 is 17.2. The molecule has 0 aromatic rings. The molecule has 0 fully saturated rings. The van der Waals surface area contributed by atoms with Crippen LogP contribution in [-0.2, 0) is 28.6 Å². The van der Waals surface area contributed by atoms with Crippen LogP contribution in [0, 0.1) is 35.5 Å². The zero-order valence-corrected chi connectivity index (χ0v) is 41.9. The molecule has 0 aromatic carbocycles. The highest BCUT2D eigenvalue weighted by Crippen LogP contribution is 2.21. The van der Waals surface area contributed by atoms with Gasteiger partial charge in [-0.15, -0.1) is 0 Å². The fraction of sp³-hybridized carbons (Fsp3) is 0.943. The second kappa shape index (κ2) is 41.1. The molecule has 0 aliphatic carbocycles. The van der Waals surface area contributed by atoms with Crippen molar-refractivity contribution in [3.8, 4) is 0 Å². The lowest BCUT2D eigenvalue weighted by Gasteiger charge is -2.21. The van der Waals surface area contributed by atoms with Gasteiger partial charge in [0.05, 0.1) is 13.2 Å². The van der Waals surface area contributed by atoms with Gasteiger partial charge in [-0.3, -0.25) is 14.4 Å².